The fraction of sp³-hybridized carbons (Fsp3) is 0.200. The molecule has 2 heterocycles. The van der Waals surface area contributed by atoms with Crippen molar-refractivity contribution in [1.29, 1.82) is 0 Å². The number of benzene rings is 2. The highest BCUT2D eigenvalue weighted by Gasteiger charge is 2.13. The molecule has 0 saturated heterocycles. The molecule has 132 valence electrons. The van der Waals surface area contributed by atoms with E-state index in [4.69, 9.17) is 19.6 Å². The molecule has 0 spiro atoms. The van der Waals surface area contributed by atoms with Gasteiger partial charge in [0, 0.05) is 17.0 Å². The molecule has 0 saturated carbocycles. The summed E-state index contributed by atoms with van der Waals surface area (Å²) in [6.45, 7) is 4.40. The first-order valence-corrected chi connectivity index (χ1v) is 9.32. The van der Waals surface area contributed by atoms with Crippen molar-refractivity contribution in [1.82, 2.24) is 4.68 Å². The van der Waals surface area contributed by atoms with Crippen LogP contribution in [-0.4, -0.2) is 23.7 Å². The smallest absolute Gasteiger partial charge is 0.231 e. The highest BCUT2D eigenvalue weighted by Crippen LogP contribution is 2.32. The van der Waals surface area contributed by atoms with Crippen LogP contribution in [0.1, 0.15) is 19.4 Å². The summed E-state index contributed by atoms with van der Waals surface area (Å²) in [5.74, 6) is 1.52. The van der Waals surface area contributed by atoms with Gasteiger partial charge in [0.1, 0.15) is 0 Å². The van der Waals surface area contributed by atoms with Crippen LogP contribution in [0.15, 0.2) is 64.0 Å². The lowest BCUT2D eigenvalue weighted by atomic mass is 10.2. The molecule has 26 heavy (non-hydrogen) atoms. The van der Waals surface area contributed by atoms with Gasteiger partial charge in [-0.25, -0.2) is 4.68 Å². The topological polar surface area (TPSA) is 48.1 Å². The second kappa shape index (κ2) is 7.17. The van der Waals surface area contributed by atoms with Crippen LogP contribution >= 0.6 is 11.3 Å². The molecule has 0 radical (unpaired) electrons. The molecule has 5 nitrogen and oxygen atoms in total. The number of aromatic nitrogens is 1. The van der Waals surface area contributed by atoms with E-state index in [0.29, 0.717) is 0 Å². The largest absolute Gasteiger partial charge is 0.454 e. The first kappa shape index (κ1) is 16.6. The molecule has 3 aromatic rings. The molecule has 4 rings (SSSR count). The highest BCUT2D eigenvalue weighted by molar-refractivity contribution is 7.07. The SMILES string of the molecule is CC(C)N=c1scc(-c2ccccc2)n1N=Cc1ccc2c(c1)OCO2. The minimum atomic E-state index is 0.198. The van der Waals surface area contributed by atoms with Crippen LogP contribution in [0.3, 0.4) is 0 Å². The molecule has 0 aliphatic carbocycles. The third kappa shape index (κ3) is 3.41. The quantitative estimate of drug-likeness (QED) is 0.653. The Bertz CT molecular complexity index is 1000. The van der Waals surface area contributed by atoms with Crippen LogP contribution < -0.4 is 14.3 Å². The molecule has 0 atom stereocenters. The van der Waals surface area contributed by atoms with Crippen LogP contribution in [0, 0.1) is 0 Å². The van der Waals surface area contributed by atoms with Crippen molar-refractivity contribution >= 4 is 17.6 Å². The van der Waals surface area contributed by atoms with Crippen LogP contribution in [0.25, 0.3) is 11.3 Å². The summed E-state index contributed by atoms with van der Waals surface area (Å²) < 4.78 is 12.7. The van der Waals surface area contributed by atoms with Crippen LogP contribution in [0.4, 0.5) is 0 Å². The predicted molar refractivity (Wildman–Crippen MR) is 104 cm³/mol. The summed E-state index contributed by atoms with van der Waals surface area (Å²) in [7, 11) is 0. The Balaban J connectivity index is 1.76. The number of rotatable bonds is 4. The third-order valence-electron chi connectivity index (χ3n) is 3.84. The molecule has 0 unspecified atom stereocenters. The maximum absolute atomic E-state index is 5.44. The Morgan fingerprint density at radius 3 is 2.69 bits per heavy atom. The van der Waals surface area contributed by atoms with E-state index in [-0.39, 0.29) is 12.8 Å². The molecule has 1 aliphatic rings. The van der Waals surface area contributed by atoms with Crippen molar-refractivity contribution in [3.05, 3.63) is 64.3 Å². The fourth-order valence-electron chi connectivity index (χ4n) is 2.65. The van der Waals surface area contributed by atoms with Crippen molar-refractivity contribution in [2.75, 3.05) is 6.79 Å². The lowest BCUT2D eigenvalue weighted by Crippen LogP contribution is -2.14. The molecule has 0 amide bonds. The summed E-state index contributed by atoms with van der Waals surface area (Å²) in [6, 6.07) is 16.2. The van der Waals surface area contributed by atoms with Crippen LogP contribution in [-0.2, 0) is 0 Å². The second-order valence-electron chi connectivity index (χ2n) is 6.16. The average Bonchev–Trinajstić information content (AvgIpc) is 3.26. The molecule has 6 heteroatoms. The van der Waals surface area contributed by atoms with Crippen molar-refractivity contribution in [3.8, 4) is 22.8 Å². The maximum atomic E-state index is 5.44. The minimum Gasteiger partial charge on any atom is -0.454 e. The molecule has 1 aromatic heterocycles. The van der Waals surface area contributed by atoms with Crippen molar-refractivity contribution in [2.45, 2.75) is 19.9 Å². The zero-order chi connectivity index (χ0) is 17.9. The Labute approximate surface area is 155 Å². The van der Waals surface area contributed by atoms with E-state index >= 15 is 0 Å². The molecule has 0 bridgehead atoms. The number of hydrogen-bond donors (Lipinski definition) is 0. The first-order valence-electron chi connectivity index (χ1n) is 8.44. The van der Waals surface area contributed by atoms with Crippen LogP contribution in [0.5, 0.6) is 11.5 Å². The van der Waals surface area contributed by atoms with Gasteiger partial charge in [0.15, 0.2) is 11.5 Å². The van der Waals surface area contributed by atoms with Gasteiger partial charge >= 0.3 is 0 Å². The van der Waals surface area contributed by atoms with E-state index in [1.54, 1.807) is 11.3 Å². The van der Waals surface area contributed by atoms with E-state index in [2.05, 4.69) is 31.4 Å². The zero-order valence-electron chi connectivity index (χ0n) is 14.6. The van der Waals surface area contributed by atoms with Gasteiger partial charge in [0.05, 0.1) is 11.9 Å². The summed E-state index contributed by atoms with van der Waals surface area (Å²) in [5.41, 5.74) is 3.08. The number of thiazole rings is 1. The standard InChI is InChI=1S/C20H19N3O2S/c1-14(2)22-20-23(17(12-26-20)16-6-4-3-5-7-16)21-11-15-8-9-18-19(10-15)25-13-24-18/h3-12,14H,13H2,1-2H3. The van der Waals surface area contributed by atoms with Crippen molar-refractivity contribution < 1.29 is 9.47 Å². The summed E-state index contributed by atoms with van der Waals surface area (Å²) in [4.78, 5) is 5.57. The number of ether oxygens (including phenoxy) is 2. The lowest BCUT2D eigenvalue weighted by molar-refractivity contribution is 0.174. The second-order valence-corrected chi connectivity index (χ2v) is 7.00. The highest BCUT2D eigenvalue weighted by atomic mass is 32.1. The monoisotopic (exact) mass is 365 g/mol. The lowest BCUT2D eigenvalue weighted by Gasteiger charge is -2.04. The van der Waals surface area contributed by atoms with Gasteiger partial charge in [-0.15, -0.1) is 11.3 Å². The van der Waals surface area contributed by atoms with E-state index in [1.165, 1.54) is 0 Å². The van der Waals surface area contributed by atoms with Crippen molar-refractivity contribution in [2.24, 2.45) is 10.1 Å². The van der Waals surface area contributed by atoms with E-state index in [0.717, 1.165) is 33.1 Å². The van der Waals surface area contributed by atoms with Gasteiger partial charge in [-0.05, 0) is 37.6 Å². The molecular weight excluding hydrogens is 346 g/mol. The van der Waals surface area contributed by atoms with Crippen LogP contribution in [0.2, 0.25) is 0 Å². The normalized spacial score (nSPS) is 13.9. The minimum absolute atomic E-state index is 0.198. The molecule has 1 aliphatic heterocycles. The van der Waals surface area contributed by atoms with E-state index in [1.807, 2.05) is 47.3 Å². The molecule has 0 N–H and O–H groups in total. The van der Waals surface area contributed by atoms with E-state index in [9.17, 15) is 0 Å². The Hall–Kier alpha value is -2.86. The maximum Gasteiger partial charge on any atom is 0.231 e. The molecule has 2 aromatic carbocycles. The zero-order valence-corrected chi connectivity index (χ0v) is 15.4. The third-order valence-corrected chi connectivity index (χ3v) is 4.67. The Kier molecular flexibility index (Phi) is 4.58. The Morgan fingerprint density at radius 2 is 1.88 bits per heavy atom. The van der Waals surface area contributed by atoms with Crippen molar-refractivity contribution in [3.63, 3.8) is 0 Å². The molecule has 0 fully saturated rings. The van der Waals surface area contributed by atoms with Gasteiger partial charge in [-0.2, -0.15) is 5.10 Å². The van der Waals surface area contributed by atoms with E-state index < -0.39 is 0 Å². The van der Waals surface area contributed by atoms with Gasteiger partial charge in [-0.3, -0.25) is 4.99 Å². The first-order chi connectivity index (χ1) is 12.7. The number of nitrogens with zero attached hydrogens (tertiary/aromatic N) is 3. The fourth-order valence-corrected chi connectivity index (χ4v) is 3.62. The summed E-state index contributed by atoms with van der Waals surface area (Å²) in [6.07, 6.45) is 1.82. The van der Waals surface area contributed by atoms with Gasteiger partial charge in [-0.1, -0.05) is 30.3 Å². The van der Waals surface area contributed by atoms with Gasteiger partial charge in [0.2, 0.25) is 11.6 Å². The summed E-state index contributed by atoms with van der Waals surface area (Å²) >= 11 is 1.59. The molecular formula is C20H19N3O2S. The Morgan fingerprint density at radius 1 is 1.08 bits per heavy atom. The average molecular weight is 365 g/mol. The van der Waals surface area contributed by atoms with Gasteiger partial charge < -0.3 is 9.47 Å². The van der Waals surface area contributed by atoms with Gasteiger partial charge in [0.25, 0.3) is 0 Å². The number of fused-ring (bicyclic) bond motifs is 1. The number of hydrogen-bond acceptors (Lipinski definition) is 5. The summed E-state index contributed by atoms with van der Waals surface area (Å²) in [5, 5.41) is 6.79. The predicted octanol–water partition coefficient (Wildman–Crippen LogP) is 4.14.